The van der Waals surface area contributed by atoms with Crippen LogP contribution in [-0.4, -0.2) is 30.5 Å². The molecule has 0 fully saturated rings. The standard InChI is InChI=1S/C24H21ClN4O4/c25-20-8-4-5-9-21(20)28-22(30)16-33-19-12-10-18(11-13-19)15-27-29-24(32)23(31)26-14-17-6-2-1-3-7-17/h1-13,15H,14,16H2,(H,26,31)(H,28,30)(H,29,32)/b27-15-. The van der Waals surface area contributed by atoms with Crippen molar-refractivity contribution in [1.82, 2.24) is 10.7 Å². The first kappa shape index (κ1) is 23.5. The highest BCUT2D eigenvalue weighted by Gasteiger charge is 2.11. The number of rotatable bonds is 8. The summed E-state index contributed by atoms with van der Waals surface area (Å²) in [6.45, 7) is 0.0570. The molecule has 0 spiro atoms. The monoisotopic (exact) mass is 464 g/mol. The summed E-state index contributed by atoms with van der Waals surface area (Å²) in [5.41, 5.74) is 4.22. The third-order valence-electron chi connectivity index (χ3n) is 4.28. The van der Waals surface area contributed by atoms with Crippen molar-refractivity contribution in [2.75, 3.05) is 11.9 Å². The Balaban J connectivity index is 1.40. The Hall–Kier alpha value is -4.17. The zero-order valence-electron chi connectivity index (χ0n) is 17.5. The summed E-state index contributed by atoms with van der Waals surface area (Å²) in [6, 6.07) is 22.8. The van der Waals surface area contributed by atoms with Gasteiger partial charge in [-0.05, 0) is 47.5 Å². The lowest BCUT2D eigenvalue weighted by molar-refractivity contribution is -0.139. The molecular weight excluding hydrogens is 444 g/mol. The highest BCUT2D eigenvalue weighted by Crippen LogP contribution is 2.20. The van der Waals surface area contributed by atoms with Crippen molar-refractivity contribution in [3.8, 4) is 5.75 Å². The van der Waals surface area contributed by atoms with Gasteiger partial charge in [-0.3, -0.25) is 14.4 Å². The van der Waals surface area contributed by atoms with E-state index in [1.165, 1.54) is 6.21 Å². The van der Waals surface area contributed by atoms with Crippen LogP contribution in [-0.2, 0) is 20.9 Å². The van der Waals surface area contributed by atoms with Crippen LogP contribution in [0, 0.1) is 0 Å². The van der Waals surface area contributed by atoms with Crippen LogP contribution in [0.15, 0.2) is 84.0 Å². The maximum Gasteiger partial charge on any atom is 0.329 e. The van der Waals surface area contributed by atoms with Crippen molar-refractivity contribution in [2.24, 2.45) is 5.10 Å². The number of ether oxygens (including phenoxy) is 1. The first-order valence-corrected chi connectivity index (χ1v) is 10.3. The fourth-order valence-electron chi connectivity index (χ4n) is 2.62. The average Bonchev–Trinajstić information content (AvgIpc) is 2.84. The van der Waals surface area contributed by atoms with Gasteiger partial charge in [0.2, 0.25) is 0 Å². The summed E-state index contributed by atoms with van der Waals surface area (Å²) in [4.78, 5) is 35.6. The van der Waals surface area contributed by atoms with Gasteiger partial charge in [-0.25, -0.2) is 5.43 Å². The van der Waals surface area contributed by atoms with Gasteiger partial charge in [-0.2, -0.15) is 5.10 Å². The molecule has 0 heterocycles. The Morgan fingerprint density at radius 2 is 1.58 bits per heavy atom. The van der Waals surface area contributed by atoms with E-state index < -0.39 is 11.8 Å². The Morgan fingerprint density at radius 3 is 2.30 bits per heavy atom. The number of carbonyl (C=O) groups is 3. The maximum atomic E-state index is 12.0. The summed E-state index contributed by atoms with van der Waals surface area (Å²) in [5, 5.41) is 9.40. The van der Waals surface area contributed by atoms with Crippen molar-refractivity contribution in [3.63, 3.8) is 0 Å². The normalized spacial score (nSPS) is 10.5. The number of hydrogen-bond acceptors (Lipinski definition) is 5. The van der Waals surface area contributed by atoms with E-state index in [9.17, 15) is 14.4 Å². The number of para-hydroxylation sites is 1. The Labute approximate surface area is 195 Å². The highest BCUT2D eigenvalue weighted by molar-refractivity contribution is 6.35. The van der Waals surface area contributed by atoms with Crippen molar-refractivity contribution in [2.45, 2.75) is 6.54 Å². The summed E-state index contributed by atoms with van der Waals surface area (Å²) < 4.78 is 5.45. The van der Waals surface area contributed by atoms with Crippen molar-refractivity contribution < 1.29 is 19.1 Å². The summed E-state index contributed by atoms with van der Waals surface area (Å²) in [7, 11) is 0. The predicted octanol–water partition coefficient (Wildman–Crippen LogP) is 3.12. The molecule has 0 aliphatic rings. The topological polar surface area (TPSA) is 109 Å². The molecule has 3 N–H and O–H groups in total. The van der Waals surface area contributed by atoms with Crippen molar-refractivity contribution in [3.05, 3.63) is 95.0 Å². The summed E-state index contributed by atoms with van der Waals surface area (Å²) in [5.74, 6) is -1.52. The molecule has 0 bridgehead atoms. The van der Waals surface area contributed by atoms with Crippen LogP contribution in [0.1, 0.15) is 11.1 Å². The lowest BCUT2D eigenvalue weighted by atomic mass is 10.2. The zero-order chi connectivity index (χ0) is 23.5. The summed E-state index contributed by atoms with van der Waals surface area (Å²) >= 11 is 6.01. The van der Waals surface area contributed by atoms with E-state index in [1.807, 2.05) is 30.3 Å². The predicted molar refractivity (Wildman–Crippen MR) is 126 cm³/mol. The second-order valence-corrected chi connectivity index (χ2v) is 7.16. The van der Waals surface area contributed by atoms with Gasteiger partial charge in [0, 0.05) is 6.54 Å². The van der Waals surface area contributed by atoms with Crippen LogP contribution in [0.2, 0.25) is 5.02 Å². The average molecular weight is 465 g/mol. The van der Waals surface area contributed by atoms with Crippen LogP contribution in [0.5, 0.6) is 5.75 Å². The van der Waals surface area contributed by atoms with Crippen LogP contribution in [0.3, 0.4) is 0 Å². The van der Waals surface area contributed by atoms with Gasteiger partial charge in [0.15, 0.2) is 6.61 Å². The number of benzene rings is 3. The van der Waals surface area contributed by atoms with E-state index in [1.54, 1.807) is 48.5 Å². The molecule has 0 saturated heterocycles. The van der Waals surface area contributed by atoms with E-state index >= 15 is 0 Å². The van der Waals surface area contributed by atoms with Gasteiger partial charge < -0.3 is 15.4 Å². The second-order valence-electron chi connectivity index (χ2n) is 6.75. The molecule has 0 aliphatic carbocycles. The zero-order valence-corrected chi connectivity index (χ0v) is 18.2. The van der Waals surface area contributed by atoms with Crippen molar-refractivity contribution >= 4 is 41.2 Å². The molecule has 8 nitrogen and oxygen atoms in total. The van der Waals surface area contributed by atoms with Crippen LogP contribution < -0.4 is 20.8 Å². The van der Waals surface area contributed by atoms with Gasteiger partial charge in [-0.15, -0.1) is 0 Å². The number of halogens is 1. The Kier molecular flexibility index (Phi) is 8.55. The molecule has 33 heavy (non-hydrogen) atoms. The van der Waals surface area contributed by atoms with Crippen LogP contribution >= 0.6 is 11.6 Å². The van der Waals surface area contributed by atoms with Gasteiger partial charge >= 0.3 is 11.8 Å². The molecule has 0 unspecified atom stereocenters. The number of nitrogens with zero attached hydrogens (tertiary/aromatic N) is 1. The molecule has 0 aliphatic heterocycles. The molecule has 168 valence electrons. The molecule has 0 saturated carbocycles. The minimum atomic E-state index is -0.869. The summed E-state index contributed by atoms with van der Waals surface area (Å²) in [6.07, 6.45) is 1.39. The molecule has 3 amide bonds. The van der Waals surface area contributed by atoms with Gasteiger partial charge in [0.05, 0.1) is 16.9 Å². The number of amides is 3. The number of hydrogen-bond donors (Lipinski definition) is 3. The van der Waals surface area contributed by atoms with E-state index in [4.69, 9.17) is 16.3 Å². The first-order valence-electron chi connectivity index (χ1n) is 9.93. The lowest BCUT2D eigenvalue weighted by Gasteiger charge is -2.08. The number of hydrazone groups is 1. The number of carbonyl (C=O) groups excluding carboxylic acids is 3. The SMILES string of the molecule is O=C(COc1ccc(/C=N\NC(=O)C(=O)NCc2ccccc2)cc1)Nc1ccccc1Cl. The third-order valence-corrected chi connectivity index (χ3v) is 4.61. The lowest BCUT2D eigenvalue weighted by Crippen LogP contribution is -2.37. The number of nitrogens with one attached hydrogen (secondary N) is 3. The van der Waals surface area contributed by atoms with Gasteiger partial charge in [0.25, 0.3) is 5.91 Å². The fourth-order valence-corrected chi connectivity index (χ4v) is 2.81. The molecule has 0 radical (unpaired) electrons. The molecule has 0 aromatic heterocycles. The first-order chi connectivity index (χ1) is 16.0. The third kappa shape index (κ3) is 7.79. The van der Waals surface area contributed by atoms with Gasteiger partial charge in [-0.1, -0.05) is 54.1 Å². The molecule has 9 heteroatoms. The van der Waals surface area contributed by atoms with Crippen LogP contribution in [0.4, 0.5) is 5.69 Å². The molecule has 3 rings (SSSR count). The second kappa shape index (κ2) is 12.0. The molecule has 3 aromatic carbocycles. The molecule has 0 atom stereocenters. The largest absolute Gasteiger partial charge is 0.484 e. The van der Waals surface area contributed by atoms with E-state index in [2.05, 4.69) is 21.2 Å². The quantitative estimate of drug-likeness (QED) is 0.270. The Morgan fingerprint density at radius 1 is 0.879 bits per heavy atom. The molecular formula is C24H21ClN4O4. The minimum absolute atomic E-state index is 0.188. The Bertz CT molecular complexity index is 1130. The maximum absolute atomic E-state index is 12.0. The van der Waals surface area contributed by atoms with Crippen molar-refractivity contribution in [1.29, 1.82) is 0 Å². The minimum Gasteiger partial charge on any atom is -0.484 e. The smallest absolute Gasteiger partial charge is 0.329 e. The number of anilines is 1. The highest BCUT2D eigenvalue weighted by atomic mass is 35.5. The fraction of sp³-hybridized carbons (Fsp3) is 0.0833. The van der Waals surface area contributed by atoms with E-state index in [0.717, 1.165) is 5.56 Å². The van der Waals surface area contributed by atoms with Gasteiger partial charge in [0.1, 0.15) is 5.75 Å². The van der Waals surface area contributed by atoms with E-state index in [0.29, 0.717) is 22.0 Å². The van der Waals surface area contributed by atoms with Crippen LogP contribution in [0.25, 0.3) is 0 Å². The van der Waals surface area contributed by atoms with E-state index in [-0.39, 0.29) is 19.1 Å². The molecule has 3 aromatic rings.